The first kappa shape index (κ1) is 90.6. The number of halogens is 3. The molecule has 10 rings (SSSR count). The predicted octanol–water partition coefficient (Wildman–Crippen LogP) is 7.02. The summed E-state index contributed by atoms with van der Waals surface area (Å²) in [5.74, 6) is -0.0407. The van der Waals surface area contributed by atoms with Crippen LogP contribution in [0, 0.1) is 5.92 Å². The van der Waals surface area contributed by atoms with Crippen LogP contribution in [0.25, 0.3) is 0 Å². The van der Waals surface area contributed by atoms with Gasteiger partial charge in [0.05, 0.1) is 64.2 Å². The van der Waals surface area contributed by atoms with Gasteiger partial charge in [0.2, 0.25) is 0 Å². The molecule has 20 atom stereocenters. The Morgan fingerprint density at radius 2 is 0.670 bits per heavy atom. The second kappa shape index (κ2) is 38.3. The maximum Gasteiger partial charge on any atom is 0.323 e. The number of amides is 10. The van der Waals surface area contributed by atoms with Crippen molar-refractivity contribution in [1.29, 1.82) is 0 Å². The molecule has 0 spiro atoms. The summed E-state index contributed by atoms with van der Waals surface area (Å²) in [6, 6.07) is -1.68. The Bertz CT molecular complexity index is 3370. The molecule has 0 saturated carbocycles. The molecule has 596 valence electrons. The minimum Gasteiger partial charge on any atom is -0.390 e. The van der Waals surface area contributed by atoms with Gasteiger partial charge >= 0.3 is 30.2 Å². The summed E-state index contributed by atoms with van der Waals surface area (Å²) in [5, 5.41) is 76.6. The molecule has 34 heteroatoms. The molecular formula is C72H116ClFIN10O16P5. The zero-order valence-corrected chi connectivity index (χ0v) is 70.6. The highest BCUT2D eigenvalue weighted by Gasteiger charge is 2.50. The van der Waals surface area contributed by atoms with Gasteiger partial charge in [-0.05, 0) is 130 Å². The molecule has 0 radical (unpaired) electrons. The lowest BCUT2D eigenvalue weighted by Crippen LogP contribution is -2.42. The molecule has 0 aromatic heterocycles. The van der Waals surface area contributed by atoms with E-state index in [1.54, 1.807) is 25.7 Å². The summed E-state index contributed by atoms with van der Waals surface area (Å²) in [7, 11) is 1.54. The zero-order chi connectivity index (χ0) is 79.6. The fourth-order valence-electron chi connectivity index (χ4n) is 12.7. The molecule has 0 bridgehead atoms. The minimum atomic E-state index is -1.54. The number of carbonyl (C=O) groups is 5. The molecule has 15 N–H and O–H groups in total. The smallest absolute Gasteiger partial charge is 0.323 e. The Kier molecular flexibility index (Phi) is 32.8. The number of hydrogen-bond acceptors (Lipinski definition) is 16. The van der Waals surface area contributed by atoms with E-state index in [-0.39, 0.29) is 70.6 Å². The molecule has 5 unspecified atom stereocenters. The summed E-state index contributed by atoms with van der Waals surface area (Å²) in [6.45, 7) is 36.6. The quantitative estimate of drug-likeness (QED) is 0.0312. The van der Waals surface area contributed by atoms with Gasteiger partial charge in [-0.3, -0.25) is 0 Å². The second-order valence-corrected chi connectivity index (χ2v) is 55.0. The number of carbonyl (C=O) groups excluding carboxylic acids is 5. The number of aliphatic hydroxyl groups excluding tert-OH is 5. The summed E-state index contributed by atoms with van der Waals surface area (Å²) in [5.41, 5.74) is 5.65. The lowest BCUT2D eigenvalue weighted by molar-refractivity contribution is 0.000152. The Morgan fingerprint density at radius 3 is 1.01 bits per heavy atom. The molecule has 106 heavy (non-hydrogen) atoms. The Balaban J connectivity index is 0.000000208. The molecular weight excluding hydrogens is 1600 g/mol. The number of methoxy groups -OCH3 is 1. The minimum absolute atomic E-state index is 0.0407. The predicted molar refractivity (Wildman–Crippen MR) is 447 cm³/mol. The summed E-state index contributed by atoms with van der Waals surface area (Å²) >= 11 is 8.51. The first-order valence-electron chi connectivity index (χ1n) is 34.8. The van der Waals surface area contributed by atoms with E-state index >= 15 is 0 Å². The molecule has 10 heterocycles. The third-order valence-corrected chi connectivity index (χ3v) is 28.0. The number of urea groups is 5. The average Bonchev–Trinajstić information content (AvgIpc) is 1.68. The highest BCUT2D eigenvalue weighted by molar-refractivity contribution is 14.1. The average molecular weight is 1710 g/mol. The van der Waals surface area contributed by atoms with Gasteiger partial charge in [0, 0.05) is 100 Å². The van der Waals surface area contributed by atoms with E-state index < -0.39 is 113 Å². The number of hydrogen-bond donors (Lipinski definition) is 15. The maximum absolute atomic E-state index is 14.3. The third-order valence-electron chi connectivity index (χ3n) is 18.8. The van der Waals surface area contributed by atoms with Crippen molar-refractivity contribution >= 4 is 130 Å². The summed E-state index contributed by atoms with van der Waals surface area (Å²) < 4.78 is 49.3. The van der Waals surface area contributed by atoms with E-state index in [1.165, 1.54) is 12.4 Å². The molecule has 26 nitrogen and oxygen atoms in total. The van der Waals surface area contributed by atoms with Gasteiger partial charge in [-0.25, -0.2) is 28.4 Å². The van der Waals surface area contributed by atoms with E-state index in [0.717, 1.165) is 67.6 Å². The van der Waals surface area contributed by atoms with Crippen molar-refractivity contribution in [2.75, 3.05) is 105 Å². The second-order valence-electron chi connectivity index (χ2n) is 31.4. The van der Waals surface area contributed by atoms with Crippen molar-refractivity contribution in [3.8, 4) is 0 Å². The molecule has 5 fully saturated rings. The fraction of sp³-hybridized carbons (Fsp3) is 0.583. The van der Waals surface area contributed by atoms with Gasteiger partial charge in [-0.15, -0.1) is 77.5 Å². The molecule has 0 aromatic carbocycles. The number of nitrogens with one attached hydrogen (secondary N) is 10. The van der Waals surface area contributed by atoms with Gasteiger partial charge in [0.1, 0.15) is 42.7 Å². The van der Waals surface area contributed by atoms with E-state index in [9.17, 15) is 53.9 Å². The van der Waals surface area contributed by atoms with Crippen LogP contribution in [-0.4, -0.2) is 305 Å². The van der Waals surface area contributed by atoms with Gasteiger partial charge < -0.3 is 107 Å². The standard InChI is InChI=1S/C15H25N2O4P.C15H25N2O3P.C14H22ClN2O3P.C14H22FN2O3P.C14H22IN2O3P/c1-9-10(8-16-15(19)17-9)13-14(20-2)12(18)11(21-13)6-7-22(3,4)5;1-9-13(18)12(6-7-21(3,4)5)20-14(9)11-8-16-15(19)17-10(11)2;3*1-8-9(7-16-14(19)17-8)13-11(15)12(18)10(20-13)5-6-21(2,3)4/h8,11-14,18H,1,3,6-7H2,2,4-5H3,(H2,16,17,19);8-9,12-14,18H,2-3,6-7H2,1,4-5H3,(H2,16,17,19);3*7,10-13,18H,1-2,5-6H2,3-4H3,(H2,16,17,19)/t11-,12-,13?,14-;9-,12-,13+,14?;3*10-,11-,12-,13?/m11111/s1. The van der Waals surface area contributed by atoms with Crippen LogP contribution < -0.4 is 53.2 Å². The van der Waals surface area contributed by atoms with Crippen molar-refractivity contribution < 1.29 is 82.3 Å². The number of alkyl halides is 3. The van der Waals surface area contributed by atoms with Gasteiger partial charge in [-0.2, -0.15) is 0 Å². The zero-order valence-electron chi connectivity index (χ0n) is 63.2. The monoisotopic (exact) mass is 1710 g/mol. The van der Waals surface area contributed by atoms with Crippen LogP contribution in [0.4, 0.5) is 28.4 Å². The van der Waals surface area contributed by atoms with Crippen LogP contribution in [0.15, 0.2) is 120 Å². The third kappa shape index (κ3) is 26.2. The van der Waals surface area contributed by atoms with Crippen LogP contribution >= 0.6 is 68.6 Å². The van der Waals surface area contributed by atoms with Gasteiger partial charge in [0.25, 0.3) is 0 Å². The summed E-state index contributed by atoms with van der Waals surface area (Å²) in [4.78, 5) is 56.1. The van der Waals surface area contributed by atoms with Crippen molar-refractivity contribution in [2.45, 2.75) is 152 Å². The van der Waals surface area contributed by atoms with Crippen molar-refractivity contribution in [3.05, 3.63) is 120 Å². The van der Waals surface area contributed by atoms with Crippen LogP contribution in [0.2, 0.25) is 0 Å². The van der Waals surface area contributed by atoms with E-state index in [1.807, 2.05) is 6.92 Å². The molecule has 0 aromatic rings. The van der Waals surface area contributed by atoms with E-state index in [2.05, 4.69) is 207 Å². The Hall–Kier alpha value is -4.24. The van der Waals surface area contributed by atoms with Crippen LogP contribution in [0.3, 0.4) is 0 Å². The van der Waals surface area contributed by atoms with Crippen molar-refractivity contribution in [2.24, 2.45) is 5.92 Å². The molecule has 10 amide bonds. The van der Waals surface area contributed by atoms with Crippen LogP contribution in [0.5, 0.6) is 0 Å². The van der Waals surface area contributed by atoms with Crippen LogP contribution in [-0.2, 0) is 28.4 Å². The fourth-order valence-corrected chi connectivity index (χ4v) is 18.8. The molecule has 0 aliphatic carbocycles. The van der Waals surface area contributed by atoms with Gasteiger partial charge in [-0.1, -0.05) is 62.4 Å². The number of aliphatic hydroxyl groups is 5. The lowest BCUT2D eigenvalue weighted by atomic mass is 9.92. The highest BCUT2D eigenvalue weighted by atomic mass is 127. The number of rotatable bonds is 21. The summed E-state index contributed by atoms with van der Waals surface area (Å²) in [6.07, 6.45) is 27.2. The van der Waals surface area contributed by atoms with E-state index in [4.69, 9.17) is 40.0 Å². The molecule has 10 aliphatic rings. The maximum atomic E-state index is 14.3. The largest absolute Gasteiger partial charge is 0.390 e. The lowest BCUT2D eigenvalue weighted by Gasteiger charge is -2.25. The first-order valence-corrected chi connectivity index (χ1v) is 51.8. The Morgan fingerprint density at radius 1 is 0.415 bits per heavy atom. The normalized spacial score (nSPS) is 33.2. The van der Waals surface area contributed by atoms with Crippen molar-refractivity contribution in [3.63, 3.8) is 0 Å². The van der Waals surface area contributed by atoms with Gasteiger partial charge in [0.15, 0.2) is 6.17 Å². The topological polar surface area (TPSA) is 362 Å². The van der Waals surface area contributed by atoms with Crippen molar-refractivity contribution in [1.82, 2.24) is 53.2 Å². The Labute approximate surface area is 644 Å². The highest BCUT2D eigenvalue weighted by Crippen LogP contribution is 2.46. The van der Waals surface area contributed by atoms with Crippen LogP contribution in [0.1, 0.15) is 39.0 Å². The SMILES string of the molecule is C=C1NC(=O)NC=C1C1O[C@H](CCP(=C)(C)C)[C@@H](O)[C@H]1C.C=C1NC(=O)NC=C1C1O[C@H](CCP(=C)(C)C)[C@@H](O)[C@H]1Cl.C=C1NC(=O)NC=C1C1O[C@H](CCP(=C)(C)C)[C@@H](O)[C@H]1F.C=C1NC(=O)NC=C1C1O[C@H](CCP(=C)(C)C)[C@@H](O)[C@H]1I.C=C1NC(=O)NC=C1C1O[C@H](CCP(=C)(C)C)[C@@H](O)[C@H]1OC. The molecule has 5 saturated heterocycles. The first-order chi connectivity index (χ1) is 49.0. The van der Waals surface area contributed by atoms with E-state index in [0.29, 0.717) is 51.6 Å². The molecule has 10 aliphatic heterocycles. The number of ether oxygens (including phenoxy) is 6.